The van der Waals surface area contributed by atoms with Gasteiger partial charge in [-0.15, -0.1) is 0 Å². The number of benzene rings is 1. The molecule has 1 aromatic heterocycles. The molecule has 0 aliphatic rings. The normalized spacial score (nSPS) is 13.1. The minimum atomic E-state index is -0.410. The lowest BCUT2D eigenvalue weighted by molar-refractivity contribution is 0.145. The Morgan fingerprint density at radius 1 is 1.21 bits per heavy atom. The minimum Gasteiger partial charge on any atom is -0.388 e. The highest BCUT2D eigenvalue weighted by Gasteiger charge is 2.10. The quantitative estimate of drug-likeness (QED) is 0.865. The van der Waals surface area contributed by atoms with Crippen LogP contribution in [0.15, 0.2) is 36.5 Å². The van der Waals surface area contributed by atoms with Crippen LogP contribution in [0.4, 0.5) is 0 Å². The van der Waals surface area contributed by atoms with Crippen LogP contribution in [0.25, 0.3) is 10.9 Å². The molecule has 0 amide bonds. The maximum atomic E-state index is 10.3. The fraction of sp³-hybridized carbons (Fsp3) is 0.438. The Morgan fingerprint density at radius 2 is 2.00 bits per heavy atom. The fourth-order valence-electron chi connectivity index (χ4n) is 2.30. The summed E-state index contributed by atoms with van der Waals surface area (Å²) >= 11 is 0. The molecule has 19 heavy (non-hydrogen) atoms. The van der Waals surface area contributed by atoms with Crippen molar-refractivity contribution in [2.24, 2.45) is 0 Å². The monoisotopic (exact) mass is 258 g/mol. The van der Waals surface area contributed by atoms with E-state index in [0.29, 0.717) is 0 Å². The van der Waals surface area contributed by atoms with E-state index in [1.807, 2.05) is 30.3 Å². The number of aliphatic hydroxyl groups is 1. The van der Waals surface area contributed by atoms with Gasteiger partial charge >= 0.3 is 0 Å². The number of pyridine rings is 1. The second kappa shape index (κ2) is 6.64. The number of rotatable bonds is 6. The summed E-state index contributed by atoms with van der Waals surface area (Å²) in [4.78, 5) is 6.65. The van der Waals surface area contributed by atoms with E-state index in [-0.39, 0.29) is 0 Å². The van der Waals surface area contributed by atoms with Gasteiger partial charge in [0.05, 0.1) is 11.6 Å². The Bertz CT molecular complexity index is 523. The third kappa shape index (κ3) is 3.52. The highest BCUT2D eigenvalue weighted by atomic mass is 16.3. The number of aromatic nitrogens is 1. The van der Waals surface area contributed by atoms with Gasteiger partial charge in [0.25, 0.3) is 0 Å². The predicted molar refractivity (Wildman–Crippen MR) is 79.1 cm³/mol. The lowest BCUT2D eigenvalue weighted by Crippen LogP contribution is -2.25. The van der Waals surface area contributed by atoms with Crippen molar-refractivity contribution in [2.45, 2.75) is 26.4 Å². The van der Waals surface area contributed by atoms with E-state index in [9.17, 15) is 5.11 Å². The summed E-state index contributed by atoms with van der Waals surface area (Å²) in [5, 5.41) is 11.4. The van der Waals surface area contributed by atoms with Gasteiger partial charge in [-0.2, -0.15) is 0 Å². The molecular weight excluding hydrogens is 236 g/mol. The van der Waals surface area contributed by atoms with E-state index in [0.717, 1.165) is 42.5 Å². The molecular formula is C16H22N2O. The number of aliphatic hydroxyl groups excluding tert-OH is 1. The summed E-state index contributed by atoms with van der Waals surface area (Å²) < 4.78 is 0. The van der Waals surface area contributed by atoms with Gasteiger partial charge in [0, 0.05) is 18.1 Å². The van der Waals surface area contributed by atoms with E-state index in [2.05, 4.69) is 23.7 Å². The van der Waals surface area contributed by atoms with Crippen LogP contribution in [0.3, 0.4) is 0 Å². The van der Waals surface area contributed by atoms with E-state index in [1.165, 1.54) is 0 Å². The van der Waals surface area contributed by atoms with Gasteiger partial charge in [-0.05, 0) is 37.2 Å². The van der Waals surface area contributed by atoms with E-state index in [1.54, 1.807) is 6.20 Å². The Kier molecular flexibility index (Phi) is 4.88. The standard InChI is InChI=1S/C16H22N2O/c1-3-18(4-2)11-9-16(19)14-8-7-13-6-5-10-17-15(13)12-14/h5-8,10,12,16,19H,3-4,9,11H2,1-2H3. The molecule has 0 saturated heterocycles. The summed E-state index contributed by atoms with van der Waals surface area (Å²) in [5.74, 6) is 0. The van der Waals surface area contributed by atoms with Crippen LogP contribution in [0.5, 0.6) is 0 Å². The molecule has 1 aromatic carbocycles. The summed E-state index contributed by atoms with van der Waals surface area (Å²) in [5.41, 5.74) is 1.90. The van der Waals surface area contributed by atoms with E-state index >= 15 is 0 Å². The van der Waals surface area contributed by atoms with Crippen molar-refractivity contribution < 1.29 is 5.11 Å². The van der Waals surface area contributed by atoms with Crippen LogP contribution in [0, 0.1) is 0 Å². The third-order valence-electron chi connectivity index (χ3n) is 3.63. The number of nitrogens with zero attached hydrogens (tertiary/aromatic N) is 2. The van der Waals surface area contributed by atoms with Crippen molar-refractivity contribution in [3.63, 3.8) is 0 Å². The first kappa shape index (κ1) is 14.0. The van der Waals surface area contributed by atoms with Crippen molar-refractivity contribution in [3.8, 4) is 0 Å². The molecule has 1 N–H and O–H groups in total. The van der Waals surface area contributed by atoms with E-state index in [4.69, 9.17) is 0 Å². The SMILES string of the molecule is CCN(CC)CCC(O)c1ccc2cccnc2c1. The second-order valence-electron chi connectivity index (χ2n) is 4.79. The first-order chi connectivity index (χ1) is 9.24. The molecule has 102 valence electrons. The average molecular weight is 258 g/mol. The molecule has 0 spiro atoms. The smallest absolute Gasteiger partial charge is 0.0803 e. The molecule has 0 fully saturated rings. The van der Waals surface area contributed by atoms with Gasteiger partial charge in [-0.1, -0.05) is 32.0 Å². The van der Waals surface area contributed by atoms with Gasteiger partial charge in [0.2, 0.25) is 0 Å². The molecule has 0 bridgehead atoms. The Morgan fingerprint density at radius 3 is 2.74 bits per heavy atom. The van der Waals surface area contributed by atoms with Gasteiger partial charge in [-0.25, -0.2) is 0 Å². The Balaban J connectivity index is 2.06. The first-order valence-electron chi connectivity index (χ1n) is 6.99. The maximum Gasteiger partial charge on any atom is 0.0803 e. The van der Waals surface area contributed by atoms with E-state index < -0.39 is 6.10 Å². The molecule has 2 aromatic rings. The molecule has 0 aliphatic carbocycles. The molecule has 3 heteroatoms. The molecule has 1 atom stereocenters. The van der Waals surface area contributed by atoms with Gasteiger partial charge < -0.3 is 10.0 Å². The van der Waals surface area contributed by atoms with Crippen LogP contribution in [-0.2, 0) is 0 Å². The van der Waals surface area contributed by atoms with Crippen LogP contribution in [0.1, 0.15) is 31.9 Å². The van der Waals surface area contributed by atoms with Gasteiger partial charge in [-0.3, -0.25) is 4.98 Å². The van der Waals surface area contributed by atoms with Crippen molar-refractivity contribution in [1.29, 1.82) is 0 Å². The lowest BCUT2D eigenvalue weighted by Gasteiger charge is -2.20. The largest absolute Gasteiger partial charge is 0.388 e. The molecule has 2 rings (SSSR count). The topological polar surface area (TPSA) is 36.4 Å². The average Bonchev–Trinajstić information content (AvgIpc) is 2.47. The highest BCUT2D eigenvalue weighted by Crippen LogP contribution is 2.21. The second-order valence-corrected chi connectivity index (χ2v) is 4.79. The predicted octanol–water partition coefficient (Wildman–Crippen LogP) is 3.00. The molecule has 1 unspecified atom stereocenters. The number of hydrogen-bond acceptors (Lipinski definition) is 3. The summed E-state index contributed by atoms with van der Waals surface area (Å²) in [7, 11) is 0. The van der Waals surface area contributed by atoms with Crippen LogP contribution in [-0.4, -0.2) is 34.6 Å². The molecule has 3 nitrogen and oxygen atoms in total. The number of fused-ring (bicyclic) bond motifs is 1. The van der Waals surface area contributed by atoms with Crippen LogP contribution >= 0.6 is 0 Å². The molecule has 0 radical (unpaired) electrons. The zero-order valence-corrected chi connectivity index (χ0v) is 11.7. The molecule has 0 aliphatic heterocycles. The highest BCUT2D eigenvalue weighted by molar-refractivity contribution is 5.78. The van der Waals surface area contributed by atoms with Crippen molar-refractivity contribution in [3.05, 3.63) is 42.1 Å². The van der Waals surface area contributed by atoms with Crippen molar-refractivity contribution in [2.75, 3.05) is 19.6 Å². The van der Waals surface area contributed by atoms with Crippen LogP contribution < -0.4 is 0 Å². The summed E-state index contributed by atoms with van der Waals surface area (Å²) in [6, 6.07) is 9.98. The van der Waals surface area contributed by atoms with Crippen molar-refractivity contribution >= 4 is 10.9 Å². The summed E-state index contributed by atoms with van der Waals surface area (Å²) in [6.07, 6.45) is 2.14. The Labute approximate surface area is 114 Å². The van der Waals surface area contributed by atoms with Gasteiger partial charge in [0.1, 0.15) is 0 Å². The lowest BCUT2D eigenvalue weighted by atomic mass is 10.0. The van der Waals surface area contributed by atoms with Crippen molar-refractivity contribution in [1.82, 2.24) is 9.88 Å². The fourth-order valence-corrected chi connectivity index (χ4v) is 2.30. The maximum absolute atomic E-state index is 10.3. The zero-order valence-electron chi connectivity index (χ0n) is 11.7. The van der Waals surface area contributed by atoms with Gasteiger partial charge in [0.15, 0.2) is 0 Å². The molecule has 0 saturated carbocycles. The Hall–Kier alpha value is -1.45. The van der Waals surface area contributed by atoms with Crippen LogP contribution in [0.2, 0.25) is 0 Å². The number of hydrogen-bond donors (Lipinski definition) is 1. The zero-order chi connectivity index (χ0) is 13.7. The molecule has 1 heterocycles. The first-order valence-corrected chi connectivity index (χ1v) is 6.99. The minimum absolute atomic E-state index is 0.410. The third-order valence-corrected chi connectivity index (χ3v) is 3.63. The summed E-state index contributed by atoms with van der Waals surface area (Å²) in [6.45, 7) is 7.28.